The van der Waals surface area contributed by atoms with E-state index in [4.69, 9.17) is 4.74 Å². The molecule has 0 radical (unpaired) electrons. The van der Waals surface area contributed by atoms with E-state index < -0.39 is 0 Å². The average molecular weight is 302 g/mol. The Morgan fingerprint density at radius 1 is 0.762 bits per heavy atom. The molecular weight excluding hydrogens is 262 g/mol. The fourth-order valence-corrected chi connectivity index (χ4v) is 2.15. The molecule has 0 aliphatic heterocycles. The topological polar surface area (TPSA) is 29.5 Å². The minimum atomic E-state index is -0.105. The highest BCUT2D eigenvalue weighted by Crippen LogP contribution is 2.07. The zero-order valence-electron chi connectivity index (χ0n) is 14.0. The molecule has 0 atom stereocenters. The summed E-state index contributed by atoms with van der Waals surface area (Å²) in [7, 11) is 0. The predicted octanol–water partition coefficient (Wildman–Crippen LogP) is 6.02. The zero-order valence-corrected chi connectivity index (χ0v) is 14.0. The first-order valence-corrected chi connectivity index (χ1v) is 8.67. The number of nitrogens with zero attached hydrogens (tertiary/aromatic N) is 1. The highest BCUT2D eigenvalue weighted by molar-refractivity contribution is 5.67. The van der Waals surface area contributed by atoms with Crippen molar-refractivity contribution in [2.24, 2.45) is 0 Å². The molecule has 0 unspecified atom stereocenters. The van der Waals surface area contributed by atoms with E-state index >= 15 is 0 Å². The average Bonchev–Trinajstić information content (AvgIpc) is 2.45. The number of hydrogen-bond donors (Lipinski definition) is 0. The number of carbonyl (C=O) groups is 1. The predicted molar refractivity (Wildman–Crippen MR) is 92.8 cm³/mol. The van der Waals surface area contributed by atoms with Gasteiger partial charge in [-0.1, -0.05) is 73.1 Å². The van der Waals surface area contributed by atoms with E-state index in [2.05, 4.69) is 20.8 Å². The van der Waals surface area contributed by atoms with Crippen molar-refractivity contribution in [3.05, 3.63) is 0 Å². The maximum absolute atomic E-state index is 12.0. The van der Waals surface area contributed by atoms with Crippen molar-refractivity contribution in [1.29, 1.82) is 0 Å². The molecule has 0 heterocycles. The van der Waals surface area contributed by atoms with Crippen LogP contribution in [0.3, 0.4) is 0 Å². The van der Waals surface area contributed by atoms with Gasteiger partial charge in [-0.3, -0.25) is 0 Å². The van der Waals surface area contributed by atoms with Gasteiger partial charge in [-0.25, -0.2) is 4.79 Å². The summed E-state index contributed by atoms with van der Waals surface area (Å²) in [5.74, 6) is 0. The van der Waals surface area contributed by atoms with Crippen LogP contribution in [0, 0.1) is 0 Å². The molecular formula is C18H39NO2. The lowest BCUT2D eigenvalue weighted by Gasteiger charge is -2.22. The summed E-state index contributed by atoms with van der Waals surface area (Å²) in [6.45, 7) is 8.81. The maximum Gasteiger partial charge on any atom is 0.409 e. The van der Waals surface area contributed by atoms with Gasteiger partial charge in [0, 0.05) is 13.1 Å². The molecule has 128 valence electrons. The summed E-state index contributed by atoms with van der Waals surface area (Å²) in [6, 6.07) is 0. The van der Waals surface area contributed by atoms with Gasteiger partial charge >= 0.3 is 6.09 Å². The molecule has 1 amide bonds. The van der Waals surface area contributed by atoms with Crippen molar-refractivity contribution in [2.75, 3.05) is 19.7 Å². The van der Waals surface area contributed by atoms with Crippen molar-refractivity contribution >= 4 is 6.09 Å². The number of ether oxygens (including phenoxy) is 1. The van der Waals surface area contributed by atoms with Crippen molar-refractivity contribution < 1.29 is 9.53 Å². The highest BCUT2D eigenvalue weighted by Gasteiger charge is 2.13. The quantitative estimate of drug-likeness (QED) is 0.389. The van der Waals surface area contributed by atoms with Crippen LogP contribution in [-0.4, -0.2) is 30.7 Å². The van der Waals surface area contributed by atoms with E-state index in [-0.39, 0.29) is 13.5 Å². The third-order valence-corrected chi connectivity index (χ3v) is 3.54. The Bertz CT molecular complexity index is 207. The Balaban J connectivity index is 0. The second-order valence-electron chi connectivity index (χ2n) is 5.58. The number of hydrogen-bond acceptors (Lipinski definition) is 2. The van der Waals surface area contributed by atoms with Crippen LogP contribution in [0.1, 0.15) is 92.4 Å². The summed E-state index contributed by atoms with van der Waals surface area (Å²) in [5.41, 5.74) is 0. The third-order valence-electron chi connectivity index (χ3n) is 3.54. The van der Waals surface area contributed by atoms with Crippen LogP contribution in [0.2, 0.25) is 0 Å². The standard InChI is InChI=1S/C17H35NO2.CH4/c1-4-7-10-12-14-18(15-13-11-8-5-2)17(19)20-16-9-6-3;/h4-16H2,1-3H3;1H4. The Hall–Kier alpha value is -0.730. The van der Waals surface area contributed by atoms with Crippen LogP contribution in [0.5, 0.6) is 0 Å². The molecule has 0 rings (SSSR count). The van der Waals surface area contributed by atoms with Crippen LogP contribution < -0.4 is 0 Å². The van der Waals surface area contributed by atoms with E-state index in [1.165, 1.54) is 38.5 Å². The van der Waals surface area contributed by atoms with Gasteiger partial charge in [0.15, 0.2) is 0 Å². The van der Waals surface area contributed by atoms with Gasteiger partial charge in [0.1, 0.15) is 0 Å². The van der Waals surface area contributed by atoms with Gasteiger partial charge < -0.3 is 9.64 Å². The van der Waals surface area contributed by atoms with Crippen molar-refractivity contribution in [3.63, 3.8) is 0 Å². The number of amides is 1. The maximum atomic E-state index is 12.0. The van der Waals surface area contributed by atoms with Crippen molar-refractivity contribution in [1.82, 2.24) is 4.90 Å². The zero-order chi connectivity index (χ0) is 15.1. The van der Waals surface area contributed by atoms with Gasteiger partial charge in [0.2, 0.25) is 0 Å². The van der Waals surface area contributed by atoms with Crippen molar-refractivity contribution in [3.8, 4) is 0 Å². The molecule has 0 saturated carbocycles. The number of rotatable bonds is 13. The van der Waals surface area contributed by atoms with Gasteiger partial charge in [0.25, 0.3) is 0 Å². The van der Waals surface area contributed by atoms with Crippen LogP contribution in [0.15, 0.2) is 0 Å². The lowest BCUT2D eigenvalue weighted by molar-refractivity contribution is 0.0995. The van der Waals surface area contributed by atoms with E-state index in [9.17, 15) is 4.79 Å². The summed E-state index contributed by atoms with van der Waals surface area (Å²) >= 11 is 0. The molecule has 0 aliphatic carbocycles. The molecule has 0 aromatic carbocycles. The summed E-state index contributed by atoms with van der Waals surface area (Å²) < 4.78 is 5.35. The third kappa shape index (κ3) is 14.0. The monoisotopic (exact) mass is 301 g/mol. The second kappa shape index (κ2) is 17.3. The van der Waals surface area contributed by atoms with Crippen LogP contribution in [-0.2, 0) is 4.74 Å². The molecule has 0 aromatic heterocycles. The fraction of sp³-hybridized carbons (Fsp3) is 0.944. The van der Waals surface area contributed by atoms with Gasteiger partial charge in [-0.15, -0.1) is 0 Å². The summed E-state index contributed by atoms with van der Waals surface area (Å²) in [4.78, 5) is 14.0. The Labute approximate surface area is 133 Å². The Morgan fingerprint density at radius 3 is 1.67 bits per heavy atom. The Kier molecular flexibility index (Phi) is 18.6. The number of unbranched alkanes of at least 4 members (excludes halogenated alkanes) is 7. The van der Waals surface area contributed by atoms with Gasteiger partial charge in [-0.2, -0.15) is 0 Å². The molecule has 0 fully saturated rings. The molecule has 0 spiro atoms. The summed E-state index contributed by atoms with van der Waals surface area (Å²) in [6.07, 6.45) is 11.5. The molecule has 0 aromatic rings. The first-order valence-electron chi connectivity index (χ1n) is 8.67. The SMILES string of the molecule is C.CCCCCCN(CCCCCC)C(=O)OCCCC. The van der Waals surface area contributed by atoms with Gasteiger partial charge in [0.05, 0.1) is 6.61 Å². The molecule has 0 aliphatic rings. The molecule has 0 saturated heterocycles. The number of carbonyl (C=O) groups excluding carboxylic acids is 1. The lowest BCUT2D eigenvalue weighted by atomic mass is 10.2. The molecule has 0 bridgehead atoms. The minimum absolute atomic E-state index is 0. The first-order chi connectivity index (χ1) is 9.76. The molecule has 3 nitrogen and oxygen atoms in total. The minimum Gasteiger partial charge on any atom is -0.449 e. The largest absolute Gasteiger partial charge is 0.449 e. The van der Waals surface area contributed by atoms with Crippen LogP contribution in [0.25, 0.3) is 0 Å². The van der Waals surface area contributed by atoms with E-state index in [1.54, 1.807) is 0 Å². The normalized spacial score (nSPS) is 10.0. The highest BCUT2D eigenvalue weighted by atomic mass is 16.6. The van der Waals surface area contributed by atoms with Crippen molar-refractivity contribution in [2.45, 2.75) is 92.4 Å². The molecule has 3 heteroatoms. The molecule has 0 N–H and O–H groups in total. The smallest absolute Gasteiger partial charge is 0.409 e. The fourth-order valence-electron chi connectivity index (χ4n) is 2.15. The van der Waals surface area contributed by atoms with Crippen LogP contribution >= 0.6 is 0 Å². The van der Waals surface area contributed by atoms with E-state index in [1.807, 2.05) is 4.90 Å². The first kappa shape index (κ1) is 22.5. The summed E-state index contributed by atoms with van der Waals surface area (Å²) in [5, 5.41) is 0. The lowest BCUT2D eigenvalue weighted by Crippen LogP contribution is -2.33. The van der Waals surface area contributed by atoms with E-state index in [0.717, 1.165) is 38.8 Å². The van der Waals surface area contributed by atoms with Gasteiger partial charge in [-0.05, 0) is 19.3 Å². The van der Waals surface area contributed by atoms with Crippen LogP contribution in [0.4, 0.5) is 4.79 Å². The van der Waals surface area contributed by atoms with E-state index in [0.29, 0.717) is 6.61 Å². The Morgan fingerprint density at radius 2 is 1.24 bits per heavy atom. The second-order valence-corrected chi connectivity index (χ2v) is 5.58. The molecule has 21 heavy (non-hydrogen) atoms.